The van der Waals surface area contributed by atoms with E-state index in [0.717, 1.165) is 36.5 Å². The minimum Gasteiger partial charge on any atom is -0.495 e. The summed E-state index contributed by atoms with van der Waals surface area (Å²) in [4.78, 5) is 33.4. The Morgan fingerprint density at radius 3 is 2.72 bits per heavy atom. The molecule has 1 N–H and O–H groups in total. The number of imide groups is 1. The van der Waals surface area contributed by atoms with Crippen molar-refractivity contribution in [3.05, 3.63) is 23.8 Å². The number of methoxy groups -OCH3 is 2. The topological polar surface area (TPSA) is 77.6 Å². The Hall–Kier alpha value is -2.36. The van der Waals surface area contributed by atoms with Gasteiger partial charge in [0.2, 0.25) is 0 Å². The first-order valence-electron chi connectivity index (χ1n) is 9.98. The van der Waals surface area contributed by atoms with Gasteiger partial charge in [-0.05, 0) is 31.0 Å². The van der Waals surface area contributed by atoms with E-state index in [0.29, 0.717) is 6.61 Å². The summed E-state index contributed by atoms with van der Waals surface area (Å²) in [5, 5.41) is 3.52. The predicted octanol–water partition coefficient (Wildman–Crippen LogP) is 0.638. The fourth-order valence-electron chi connectivity index (χ4n) is 4.58. The van der Waals surface area contributed by atoms with Gasteiger partial charge in [0.1, 0.15) is 24.2 Å². The van der Waals surface area contributed by atoms with E-state index < -0.39 is 6.04 Å². The first-order valence-corrected chi connectivity index (χ1v) is 9.98. The summed E-state index contributed by atoms with van der Waals surface area (Å²) in [7, 11) is 4.98. The number of carbonyl (C=O) groups is 2. The van der Waals surface area contributed by atoms with E-state index in [-0.39, 0.29) is 30.9 Å². The Labute approximate surface area is 171 Å². The second kappa shape index (κ2) is 7.81. The lowest BCUT2D eigenvalue weighted by Gasteiger charge is -2.44. The van der Waals surface area contributed by atoms with Crippen LogP contribution >= 0.6 is 0 Å². The molecule has 1 aromatic carbocycles. The van der Waals surface area contributed by atoms with Gasteiger partial charge in [0.05, 0.1) is 25.9 Å². The SMILES string of the molecule is COCCN1C(=O)C2C(NC3N(c4cc(C)ccc4OC)CCCN23)N(C)C1=O. The number of benzene rings is 1. The third kappa shape index (κ3) is 3.23. The molecule has 3 fully saturated rings. The molecule has 0 aliphatic carbocycles. The minimum atomic E-state index is -0.418. The lowest BCUT2D eigenvalue weighted by molar-refractivity contribution is -0.139. The van der Waals surface area contributed by atoms with E-state index in [9.17, 15) is 9.59 Å². The first kappa shape index (κ1) is 19.9. The number of rotatable bonds is 5. The number of aryl methyl sites for hydroxylation is 1. The monoisotopic (exact) mass is 403 g/mol. The van der Waals surface area contributed by atoms with E-state index in [1.807, 2.05) is 12.1 Å². The molecule has 4 rings (SSSR count). The van der Waals surface area contributed by atoms with Crippen molar-refractivity contribution in [1.82, 2.24) is 20.0 Å². The van der Waals surface area contributed by atoms with Crippen molar-refractivity contribution in [1.29, 1.82) is 0 Å². The molecule has 3 unspecified atom stereocenters. The van der Waals surface area contributed by atoms with Crippen LogP contribution in [0.15, 0.2) is 18.2 Å². The zero-order chi connectivity index (χ0) is 20.7. The van der Waals surface area contributed by atoms with Crippen LogP contribution in [0.1, 0.15) is 12.0 Å². The molecule has 9 heteroatoms. The highest BCUT2D eigenvalue weighted by Gasteiger charge is 2.56. The zero-order valence-corrected chi connectivity index (χ0v) is 17.4. The number of nitrogens with zero attached hydrogens (tertiary/aromatic N) is 4. The van der Waals surface area contributed by atoms with Crippen molar-refractivity contribution < 1.29 is 19.1 Å². The number of amides is 3. The van der Waals surface area contributed by atoms with E-state index in [2.05, 4.69) is 28.1 Å². The lowest BCUT2D eigenvalue weighted by atomic mass is 10.1. The summed E-state index contributed by atoms with van der Waals surface area (Å²) in [6, 6.07) is 5.39. The van der Waals surface area contributed by atoms with Crippen molar-refractivity contribution in [2.24, 2.45) is 0 Å². The van der Waals surface area contributed by atoms with Gasteiger partial charge in [-0.15, -0.1) is 0 Å². The number of nitrogens with one attached hydrogen (secondary N) is 1. The minimum absolute atomic E-state index is 0.164. The number of ether oxygens (including phenoxy) is 2. The van der Waals surface area contributed by atoms with Crippen LogP contribution in [0.2, 0.25) is 0 Å². The third-order valence-corrected chi connectivity index (χ3v) is 6.03. The molecule has 3 aliphatic heterocycles. The highest BCUT2D eigenvalue weighted by Crippen LogP contribution is 2.37. The molecule has 0 saturated carbocycles. The fourth-order valence-corrected chi connectivity index (χ4v) is 4.58. The largest absolute Gasteiger partial charge is 0.495 e. The number of carbonyl (C=O) groups excluding carboxylic acids is 2. The Bertz CT molecular complexity index is 803. The van der Waals surface area contributed by atoms with Crippen LogP contribution in [-0.4, -0.2) is 92.6 Å². The second-order valence-electron chi connectivity index (χ2n) is 7.77. The molecule has 9 nitrogen and oxygen atoms in total. The van der Waals surface area contributed by atoms with Crippen molar-refractivity contribution >= 4 is 17.6 Å². The summed E-state index contributed by atoms with van der Waals surface area (Å²) in [6.45, 7) is 4.26. The van der Waals surface area contributed by atoms with Gasteiger partial charge >= 0.3 is 6.03 Å². The Morgan fingerprint density at radius 2 is 2.00 bits per heavy atom. The second-order valence-corrected chi connectivity index (χ2v) is 7.77. The van der Waals surface area contributed by atoms with Crippen LogP contribution in [0.3, 0.4) is 0 Å². The number of urea groups is 1. The van der Waals surface area contributed by atoms with Crippen LogP contribution in [-0.2, 0) is 9.53 Å². The zero-order valence-electron chi connectivity index (χ0n) is 17.4. The summed E-state index contributed by atoms with van der Waals surface area (Å²) in [5.74, 6) is 0.634. The van der Waals surface area contributed by atoms with Gasteiger partial charge in [-0.2, -0.15) is 0 Å². The average molecular weight is 403 g/mol. The number of likely N-dealkylation sites (N-methyl/N-ethyl adjacent to an activating group) is 1. The molecule has 3 aliphatic rings. The normalized spacial score (nSPS) is 27.3. The molecule has 0 bridgehead atoms. The average Bonchev–Trinajstić information content (AvgIpc) is 3.12. The van der Waals surface area contributed by atoms with Gasteiger partial charge in [-0.25, -0.2) is 4.79 Å². The number of anilines is 1. The molecule has 3 heterocycles. The Balaban J connectivity index is 1.66. The summed E-state index contributed by atoms with van der Waals surface area (Å²) >= 11 is 0. The van der Waals surface area contributed by atoms with Crippen molar-refractivity contribution in [3.8, 4) is 5.75 Å². The molecule has 3 saturated heterocycles. The van der Waals surface area contributed by atoms with Gasteiger partial charge in [0.15, 0.2) is 0 Å². The standard InChI is InChI=1S/C20H29N5O4/c1-13-6-7-15(29-4)14(12-13)23-8-5-9-24-16-17(21-19(23)24)22(2)20(27)25(18(16)26)10-11-28-3/h6-7,12,16-17,19,21H,5,8-11H2,1-4H3. The van der Waals surface area contributed by atoms with Gasteiger partial charge in [0.25, 0.3) is 5.91 Å². The molecule has 0 spiro atoms. The highest BCUT2D eigenvalue weighted by atomic mass is 16.5. The molecule has 0 aromatic heterocycles. The molecule has 3 atom stereocenters. The summed E-state index contributed by atoms with van der Waals surface area (Å²) in [6.07, 6.45) is 0.368. The van der Waals surface area contributed by atoms with E-state index in [1.54, 1.807) is 26.2 Å². The number of hydrogen-bond acceptors (Lipinski definition) is 7. The first-order chi connectivity index (χ1) is 14.0. The predicted molar refractivity (Wildman–Crippen MR) is 108 cm³/mol. The Kier molecular flexibility index (Phi) is 5.37. The highest BCUT2D eigenvalue weighted by molar-refractivity contribution is 6.00. The molecule has 158 valence electrons. The molecular formula is C20H29N5O4. The quantitative estimate of drug-likeness (QED) is 0.773. The lowest BCUT2D eigenvalue weighted by Crippen LogP contribution is -2.66. The van der Waals surface area contributed by atoms with Crippen LogP contribution < -0.4 is 15.0 Å². The third-order valence-electron chi connectivity index (χ3n) is 6.03. The van der Waals surface area contributed by atoms with E-state index >= 15 is 0 Å². The Morgan fingerprint density at radius 1 is 1.21 bits per heavy atom. The summed E-state index contributed by atoms with van der Waals surface area (Å²) in [5.41, 5.74) is 2.13. The van der Waals surface area contributed by atoms with E-state index in [1.165, 1.54) is 4.90 Å². The number of fused-ring (bicyclic) bond motifs is 3. The van der Waals surface area contributed by atoms with Gasteiger partial charge < -0.3 is 19.3 Å². The fraction of sp³-hybridized carbons (Fsp3) is 0.600. The molecular weight excluding hydrogens is 374 g/mol. The van der Waals surface area contributed by atoms with Crippen molar-refractivity contribution in [2.45, 2.75) is 31.8 Å². The van der Waals surface area contributed by atoms with Gasteiger partial charge in [-0.3, -0.25) is 19.9 Å². The van der Waals surface area contributed by atoms with Crippen LogP contribution in [0.5, 0.6) is 5.75 Å². The van der Waals surface area contributed by atoms with E-state index in [4.69, 9.17) is 9.47 Å². The van der Waals surface area contributed by atoms with Gasteiger partial charge in [0, 0.05) is 27.2 Å². The summed E-state index contributed by atoms with van der Waals surface area (Å²) < 4.78 is 10.7. The van der Waals surface area contributed by atoms with Crippen LogP contribution in [0.4, 0.5) is 10.5 Å². The molecule has 0 radical (unpaired) electrons. The van der Waals surface area contributed by atoms with Crippen molar-refractivity contribution in [3.63, 3.8) is 0 Å². The maximum absolute atomic E-state index is 13.2. The molecule has 1 aromatic rings. The molecule has 3 amide bonds. The maximum Gasteiger partial charge on any atom is 0.327 e. The van der Waals surface area contributed by atoms with Crippen LogP contribution in [0, 0.1) is 6.92 Å². The maximum atomic E-state index is 13.2. The smallest absolute Gasteiger partial charge is 0.327 e. The van der Waals surface area contributed by atoms with Gasteiger partial charge in [-0.1, -0.05) is 6.07 Å². The van der Waals surface area contributed by atoms with Crippen LogP contribution in [0.25, 0.3) is 0 Å². The number of hydrogen-bond donors (Lipinski definition) is 1. The van der Waals surface area contributed by atoms with Crippen molar-refractivity contribution in [2.75, 3.05) is 52.4 Å². The molecule has 29 heavy (non-hydrogen) atoms.